The van der Waals surface area contributed by atoms with Gasteiger partial charge in [0.1, 0.15) is 0 Å². The lowest BCUT2D eigenvalue weighted by molar-refractivity contribution is 0.179. The summed E-state index contributed by atoms with van der Waals surface area (Å²) in [4.78, 5) is 0. The molecule has 0 aromatic carbocycles. The number of hydrogen-bond donors (Lipinski definition) is 0. The van der Waals surface area contributed by atoms with E-state index in [1.165, 1.54) is 25.7 Å². The molecule has 2 rings (SSSR count). The third-order valence-corrected chi connectivity index (χ3v) is 4.20. The van der Waals surface area contributed by atoms with Crippen molar-refractivity contribution in [1.29, 1.82) is 0 Å². The van der Waals surface area contributed by atoms with Crippen LogP contribution in [0.4, 0.5) is 0 Å². The largest absolute Gasteiger partial charge is 0.270 e. The van der Waals surface area contributed by atoms with Crippen LogP contribution in [0.5, 0.6) is 0 Å². The zero-order chi connectivity index (χ0) is 10.2. The number of rotatable bonds is 3. The molecule has 0 heterocycles. The molecule has 0 aromatic heterocycles. The Labute approximate surface area is 86.0 Å². The summed E-state index contributed by atoms with van der Waals surface area (Å²) in [6, 6.07) is 0. The summed E-state index contributed by atoms with van der Waals surface area (Å²) in [5.74, 6) is 0.468. The molecule has 4 heteroatoms. The van der Waals surface area contributed by atoms with Gasteiger partial charge >= 0.3 is 0 Å². The number of hydrogen-bond acceptors (Lipinski definition) is 3. The van der Waals surface area contributed by atoms with Gasteiger partial charge < -0.3 is 0 Å². The summed E-state index contributed by atoms with van der Waals surface area (Å²) >= 11 is 0. The maximum atomic E-state index is 10.8. The van der Waals surface area contributed by atoms with Crippen molar-refractivity contribution in [3.05, 3.63) is 0 Å². The molecule has 0 saturated heterocycles. The van der Waals surface area contributed by atoms with Gasteiger partial charge in [-0.15, -0.1) is 0 Å². The van der Waals surface area contributed by atoms with Crippen LogP contribution in [0, 0.1) is 11.3 Å². The average Bonchev–Trinajstić information content (AvgIpc) is 2.83. The first-order valence-corrected chi connectivity index (χ1v) is 7.15. The Morgan fingerprint density at radius 2 is 1.79 bits per heavy atom. The molecule has 0 bridgehead atoms. The SMILES string of the molecule is CS(=O)(=O)OCC1CCC2(CC1)CC2. The third-order valence-electron chi connectivity index (χ3n) is 3.64. The van der Waals surface area contributed by atoms with Crippen LogP contribution in [-0.4, -0.2) is 21.3 Å². The van der Waals surface area contributed by atoms with Crippen molar-refractivity contribution in [2.45, 2.75) is 38.5 Å². The monoisotopic (exact) mass is 218 g/mol. The Balaban J connectivity index is 1.73. The lowest BCUT2D eigenvalue weighted by Gasteiger charge is -2.27. The summed E-state index contributed by atoms with van der Waals surface area (Å²) in [6.45, 7) is 0.398. The van der Waals surface area contributed by atoms with Crippen LogP contribution in [-0.2, 0) is 14.3 Å². The van der Waals surface area contributed by atoms with Gasteiger partial charge in [0.15, 0.2) is 0 Å². The Morgan fingerprint density at radius 3 is 2.21 bits per heavy atom. The van der Waals surface area contributed by atoms with Crippen LogP contribution in [0.1, 0.15) is 38.5 Å². The van der Waals surface area contributed by atoms with Gasteiger partial charge in [-0.25, -0.2) is 0 Å². The van der Waals surface area contributed by atoms with Crippen LogP contribution in [0.15, 0.2) is 0 Å². The lowest BCUT2D eigenvalue weighted by Crippen LogP contribution is -2.20. The molecule has 14 heavy (non-hydrogen) atoms. The summed E-state index contributed by atoms with van der Waals surface area (Å²) in [5.41, 5.74) is 0.682. The van der Waals surface area contributed by atoms with E-state index in [0.29, 0.717) is 17.9 Å². The van der Waals surface area contributed by atoms with Gasteiger partial charge in [-0.1, -0.05) is 0 Å². The van der Waals surface area contributed by atoms with Crippen molar-refractivity contribution in [3.63, 3.8) is 0 Å². The van der Waals surface area contributed by atoms with E-state index in [4.69, 9.17) is 4.18 Å². The van der Waals surface area contributed by atoms with E-state index in [0.717, 1.165) is 19.1 Å². The highest BCUT2D eigenvalue weighted by atomic mass is 32.2. The third kappa shape index (κ3) is 2.70. The van der Waals surface area contributed by atoms with Gasteiger partial charge in [0.05, 0.1) is 12.9 Å². The maximum Gasteiger partial charge on any atom is 0.264 e. The topological polar surface area (TPSA) is 43.4 Å². The molecule has 0 N–H and O–H groups in total. The Morgan fingerprint density at radius 1 is 1.21 bits per heavy atom. The summed E-state index contributed by atoms with van der Waals surface area (Å²) in [7, 11) is -3.24. The molecular weight excluding hydrogens is 200 g/mol. The van der Waals surface area contributed by atoms with Crippen molar-refractivity contribution in [2.75, 3.05) is 12.9 Å². The van der Waals surface area contributed by atoms with E-state index in [9.17, 15) is 8.42 Å². The van der Waals surface area contributed by atoms with Crippen molar-refractivity contribution in [3.8, 4) is 0 Å². The first kappa shape index (κ1) is 10.4. The molecule has 2 fully saturated rings. The molecule has 1 spiro atoms. The predicted octanol–water partition coefficient (Wildman–Crippen LogP) is 1.93. The summed E-state index contributed by atoms with van der Waals surface area (Å²) in [5, 5.41) is 0. The van der Waals surface area contributed by atoms with E-state index in [-0.39, 0.29) is 0 Å². The van der Waals surface area contributed by atoms with Crippen molar-refractivity contribution in [2.24, 2.45) is 11.3 Å². The van der Waals surface area contributed by atoms with Crippen LogP contribution >= 0.6 is 0 Å². The van der Waals surface area contributed by atoms with Crippen LogP contribution in [0.3, 0.4) is 0 Å². The van der Waals surface area contributed by atoms with Crippen LogP contribution in [0.2, 0.25) is 0 Å². The van der Waals surface area contributed by atoms with Crippen molar-refractivity contribution in [1.82, 2.24) is 0 Å². The van der Waals surface area contributed by atoms with Crippen LogP contribution < -0.4 is 0 Å². The normalized spacial score (nSPS) is 26.6. The van der Waals surface area contributed by atoms with E-state index >= 15 is 0 Å². The molecule has 0 atom stereocenters. The van der Waals surface area contributed by atoms with E-state index in [1.54, 1.807) is 0 Å². The zero-order valence-corrected chi connectivity index (χ0v) is 9.48. The minimum absolute atomic E-state index is 0.398. The van der Waals surface area contributed by atoms with Crippen molar-refractivity contribution < 1.29 is 12.6 Å². The van der Waals surface area contributed by atoms with Gasteiger partial charge in [-0.3, -0.25) is 4.18 Å². The predicted molar refractivity (Wildman–Crippen MR) is 54.4 cm³/mol. The average molecular weight is 218 g/mol. The molecule has 82 valence electrons. The van der Waals surface area contributed by atoms with Crippen molar-refractivity contribution >= 4 is 10.1 Å². The second-order valence-corrected chi connectivity index (χ2v) is 6.58. The van der Waals surface area contributed by atoms with E-state index in [1.807, 2.05) is 0 Å². The summed E-state index contributed by atoms with van der Waals surface area (Å²) in [6.07, 6.45) is 8.78. The van der Waals surface area contributed by atoms with Gasteiger partial charge in [0.2, 0.25) is 0 Å². The highest BCUT2D eigenvalue weighted by molar-refractivity contribution is 7.85. The second kappa shape index (κ2) is 3.49. The Hall–Kier alpha value is -0.0900. The molecule has 0 unspecified atom stereocenters. The fourth-order valence-corrected chi connectivity index (χ4v) is 2.79. The molecule has 0 aliphatic heterocycles. The molecule has 0 radical (unpaired) electrons. The summed E-state index contributed by atoms with van der Waals surface area (Å²) < 4.78 is 26.4. The fraction of sp³-hybridized carbons (Fsp3) is 1.00. The fourth-order valence-electron chi connectivity index (χ4n) is 2.35. The van der Waals surface area contributed by atoms with E-state index < -0.39 is 10.1 Å². The smallest absolute Gasteiger partial charge is 0.264 e. The van der Waals surface area contributed by atoms with Gasteiger partial charge in [0.25, 0.3) is 10.1 Å². The molecule has 2 aliphatic carbocycles. The maximum absolute atomic E-state index is 10.8. The van der Waals surface area contributed by atoms with Gasteiger partial charge in [-0.2, -0.15) is 8.42 Å². The molecule has 2 aliphatic rings. The minimum atomic E-state index is -3.24. The zero-order valence-electron chi connectivity index (χ0n) is 8.66. The first-order chi connectivity index (χ1) is 6.49. The van der Waals surface area contributed by atoms with E-state index in [2.05, 4.69) is 0 Å². The molecule has 2 saturated carbocycles. The molecule has 0 aromatic rings. The van der Waals surface area contributed by atoms with Crippen LogP contribution in [0.25, 0.3) is 0 Å². The quantitative estimate of drug-likeness (QED) is 0.680. The highest BCUT2D eigenvalue weighted by Gasteiger charge is 2.44. The Kier molecular flexibility index (Phi) is 2.60. The molecule has 0 amide bonds. The Bertz CT molecular complexity index is 293. The van der Waals surface area contributed by atoms with Gasteiger partial charge in [-0.05, 0) is 49.9 Å². The second-order valence-electron chi connectivity index (χ2n) is 4.93. The first-order valence-electron chi connectivity index (χ1n) is 5.34. The minimum Gasteiger partial charge on any atom is -0.270 e. The lowest BCUT2D eigenvalue weighted by atomic mass is 9.80. The molecular formula is C10H18O3S. The van der Waals surface area contributed by atoms with Gasteiger partial charge in [0, 0.05) is 0 Å². The molecule has 3 nitrogen and oxygen atoms in total. The standard InChI is InChI=1S/C10H18O3S/c1-14(11,12)13-8-9-2-4-10(5-3-9)6-7-10/h9H,2-8H2,1H3. The highest BCUT2D eigenvalue weighted by Crippen LogP contribution is 2.57.